The van der Waals surface area contributed by atoms with Gasteiger partial charge in [0.25, 0.3) is 0 Å². The summed E-state index contributed by atoms with van der Waals surface area (Å²) in [4.78, 5) is 14.6. The Morgan fingerprint density at radius 1 is 1.16 bits per heavy atom. The first kappa shape index (κ1) is 17.8. The SMILES string of the molecule is COc1ccc(NC(=O)N2C3CCC2CC(S(C)(=O)=O)C3)c(OC)c1. The number of methoxy groups -OCH3 is 2. The van der Waals surface area contributed by atoms with Gasteiger partial charge in [-0.3, -0.25) is 0 Å². The number of benzene rings is 1. The van der Waals surface area contributed by atoms with Gasteiger partial charge in [-0.05, 0) is 37.8 Å². The number of nitrogens with zero attached hydrogens (tertiary/aromatic N) is 1. The minimum absolute atomic E-state index is 0.0253. The largest absolute Gasteiger partial charge is 0.497 e. The molecule has 2 amide bonds. The molecule has 2 bridgehead atoms. The summed E-state index contributed by atoms with van der Waals surface area (Å²) in [6.45, 7) is 0. The summed E-state index contributed by atoms with van der Waals surface area (Å²) in [5.74, 6) is 1.16. The third kappa shape index (κ3) is 3.53. The van der Waals surface area contributed by atoms with Crippen LogP contribution in [-0.4, -0.2) is 57.2 Å². The van der Waals surface area contributed by atoms with Crippen LogP contribution in [0.15, 0.2) is 18.2 Å². The smallest absolute Gasteiger partial charge is 0.322 e. The molecule has 138 valence electrons. The fourth-order valence-corrected chi connectivity index (χ4v) is 5.03. The Morgan fingerprint density at radius 2 is 1.80 bits per heavy atom. The Balaban J connectivity index is 1.75. The lowest BCUT2D eigenvalue weighted by Gasteiger charge is -2.38. The minimum atomic E-state index is -3.07. The first-order valence-corrected chi connectivity index (χ1v) is 10.3. The number of nitrogens with one attached hydrogen (secondary N) is 1. The highest BCUT2D eigenvalue weighted by Gasteiger charge is 2.46. The number of urea groups is 1. The van der Waals surface area contributed by atoms with Crippen molar-refractivity contribution in [2.45, 2.75) is 43.0 Å². The quantitative estimate of drug-likeness (QED) is 0.881. The predicted molar refractivity (Wildman–Crippen MR) is 95.1 cm³/mol. The van der Waals surface area contributed by atoms with Gasteiger partial charge in [-0.15, -0.1) is 0 Å². The van der Waals surface area contributed by atoms with Crippen LogP contribution in [0, 0.1) is 0 Å². The summed E-state index contributed by atoms with van der Waals surface area (Å²) in [5, 5.41) is 2.55. The lowest BCUT2D eigenvalue weighted by Crippen LogP contribution is -2.51. The third-order valence-corrected chi connectivity index (χ3v) is 6.78. The van der Waals surface area contributed by atoms with Crippen LogP contribution in [0.2, 0.25) is 0 Å². The van der Waals surface area contributed by atoms with Gasteiger partial charge in [0, 0.05) is 24.4 Å². The maximum Gasteiger partial charge on any atom is 0.322 e. The molecule has 2 atom stereocenters. The average Bonchev–Trinajstić information content (AvgIpc) is 2.84. The molecule has 1 N–H and O–H groups in total. The lowest BCUT2D eigenvalue weighted by molar-refractivity contribution is 0.160. The van der Waals surface area contributed by atoms with E-state index in [0.29, 0.717) is 30.0 Å². The summed E-state index contributed by atoms with van der Waals surface area (Å²) in [7, 11) is 0.0292. The van der Waals surface area contributed by atoms with Gasteiger partial charge in [-0.2, -0.15) is 0 Å². The molecule has 0 aliphatic carbocycles. The van der Waals surface area contributed by atoms with E-state index in [1.165, 1.54) is 13.4 Å². The van der Waals surface area contributed by atoms with Crippen LogP contribution >= 0.6 is 0 Å². The van der Waals surface area contributed by atoms with Gasteiger partial charge < -0.3 is 19.7 Å². The summed E-state index contributed by atoms with van der Waals surface area (Å²) < 4.78 is 34.2. The minimum Gasteiger partial charge on any atom is -0.497 e. The number of hydrogen-bond acceptors (Lipinski definition) is 5. The number of hydrogen-bond donors (Lipinski definition) is 1. The first-order chi connectivity index (χ1) is 11.8. The molecule has 2 aliphatic rings. The molecular weight excluding hydrogens is 344 g/mol. The zero-order valence-electron chi connectivity index (χ0n) is 14.7. The van der Waals surface area contributed by atoms with Crippen molar-refractivity contribution in [2.24, 2.45) is 0 Å². The monoisotopic (exact) mass is 368 g/mol. The van der Waals surface area contributed by atoms with Crippen molar-refractivity contribution in [1.82, 2.24) is 4.90 Å². The number of carbonyl (C=O) groups excluding carboxylic acids is 1. The number of rotatable bonds is 4. The summed E-state index contributed by atoms with van der Waals surface area (Å²) in [5.41, 5.74) is 0.568. The highest BCUT2D eigenvalue weighted by atomic mass is 32.2. The van der Waals surface area contributed by atoms with E-state index in [9.17, 15) is 13.2 Å². The van der Waals surface area contributed by atoms with Gasteiger partial charge in [0.05, 0.1) is 25.2 Å². The Morgan fingerprint density at radius 3 is 2.32 bits per heavy atom. The average molecular weight is 368 g/mol. The van der Waals surface area contributed by atoms with Crippen molar-refractivity contribution in [2.75, 3.05) is 25.8 Å². The number of anilines is 1. The number of carbonyl (C=O) groups is 1. The molecule has 2 fully saturated rings. The van der Waals surface area contributed by atoms with Gasteiger partial charge in [0.1, 0.15) is 21.3 Å². The fraction of sp³-hybridized carbons (Fsp3) is 0.588. The van der Waals surface area contributed by atoms with Crippen LogP contribution in [0.1, 0.15) is 25.7 Å². The van der Waals surface area contributed by atoms with E-state index in [2.05, 4.69) is 5.32 Å². The van der Waals surface area contributed by atoms with Crippen molar-refractivity contribution in [3.05, 3.63) is 18.2 Å². The zero-order chi connectivity index (χ0) is 18.2. The summed E-state index contributed by atoms with van der Waals surface area (Å²) in [6.07, 6.45) is 4.02. The topological polar surface area (TPSA) is 84.9 Å². The summed E-state index contributed by atoms with van der Waals surface area (Å²) in [6, 6.07) is 4.94. The highest BCUT2D eigenvalue weighted by molar-refractivity contribution is 7.91. The fourth-order valence-electron chi connectivity index (χ4n) is 3.89. The van der Waals surface area contributed by atoms with Crippen molar-refractivity contribution < 1.29 is 22.7 Å². The normalized spacial score (nSPS) is 25.6. The summed E-state index contributed by atoms with van der Waals surface area (Å²) >= 11 is 0. The maximum atomic E-state index is 12.8. The van der Waals surface area contributed by atoms with E-state index < -0.39 is 9.84 Å². The standard InChI is InChI=1S/C17H24N2O5S/c1-23-13-6-7-15(16(10-13)24-2)18-17(20)19-11-4-5-12(19)9-14(8-11)25(3,21)22/h6-7,10-12,14H,4-5,8-9H2,1-3H3,(H,18,20). The molecule has 25 heavy (non-hydrogen) atoms. The van der Waals surface area contributed by atoms with Gasteiger partial charge in [0.2, 0.25) is 0 Å². The molecule has 0 spiro atoms. The molecule has 3 rings (SSSR count). The van der Waals surface area contributed by atoms with Crippen molar-refractivity contribution in [3.8, 4) is 11.5 Å². The molecule has 0 radical (unpaired) electrons. The van der Waals surface area contributed by atoms with E-state index in [1.807, 2.05) is 4.90 Å². The second kappa shape index (κ2) is 6.74. The van der Waals surface area contributed by atoms with Crippen LogP contribution in [-0.2, 0) is 9.84 Å². The van der Waals surface area contributed by atoms with Crippen LogP contribution in [0.4, 0.5) is 10.5 Å². The van der Waals surface area contributed by atoms with Crippen LogP contribution in [0.5, 0.6) is 11.5 Å². The van der Waals surface area contributed by atoms with E-state index in [1.54, 1.807) is 25.3 Å². The molecule has 1 aromatic rings. The van der Waals surface area contributed by atoms with E-state index in [4.69, 9.17) is 9.47 Å². The number of fused-ring (bicyclic) bond motifs is 2. The van der Waals surface area contributed by atoms with E-state index in [-0.39, 0.29) is 23.4 Å². The van der Waals surface area contributed by atoms with E-state index in [0.717, 1.165) is 12.8 Å². The Bertz CT molecular complexity index is 750. The van der Waals surface area contributed by atoms with Gasteiger partial charge in [-0.1, -0.05) is 0 Å². The van der Waals surface area contributed by atoms with Crippen LogP contribution in [0.3, 0.4) is 0 Å². The molecule has 8 heteroatoms. The molecule has 7 nitrogen and oxygen atoms in total. The number of piperidine rings is 1. The second-order valence-corrected chi connectivity index (χ2v) is 9.04. The predicted octanol–water partition coefficient (Wildman–Crippen LogP) is 2.28. The zero-order valence-corrected chi connectivity index (χ0v) is 15.5. The molecular formula is C17H24N2O5S. The molecule has 2 heterocycles. The molecule has 0 saturated carbocycles. The Labute approximate surface area is 148 Å². The Hall–Kier alpha value is -1.96. The van der Waals surface area contributed by atoms with Crippen molar-refractivity contribution >= 4 is 21.6 Å². The van der Waals surface area contributed by atoms with Gasteiger partial charge in [-0.25, -0.2) is 13.2 Å². The molecule has 1 aromatic carbocycles. The maximum absolute atomic E-state index is 12.8. The molecule has 0 aromatic heterocycles. The number of sulfone groups is 1. The van der Waals surface area contributed by atoms with Crippen LogP contribution < -0.4 is 14.8 Å². The molecule has 2 aliphatic heterocycles. The van der Waals surface area contributed by atoms with Gasteiger partial charge in [0.15, 0.2) is 0 Å². The first-order valence-electron chi connectivity index (χ1n) is 8.33. The van der Waals surface area contributed by atoms with Crippen molar-refractivity contribution in [1.29, 1.82) is 0 Å². The van der Waals surface area contributed by atoms with E-state index >= 15 is 0 Å². The molecule has 2 saturated heterocycles. The highest BCUT2D eigenvalue weighted by Crippen LogP contribution is 2.39. The van der Waals surface area contributed by atoms with Crippen molar-refractivity contribution in [3.63, 3.8) is 0 Å². The van der Waals surface area contributed by atoms with Gasteiger partial charge >= 0.3 is 6.03 Å². The lowest BCUT2D eigenvalue weighted by atomic mass is 10.0. The second-order valence-electron chi connectivity index (χ2n) is 6.71. The van der Waals surface area contributed by atoms with Crippen LogP contribution in [0.25, 0.3) is 0 Å². The molecule has 2 unspecified atom stereocenters. The number of amides is 2. The third-order valence-electron chi connectivity index (χ3n) is 5.18. The number of ether oxygens (including phenoxy) is 2. The Kier molecular flexibility index (Phi) is 4.81.